The highest BCUT2D eigenvalue weighted by Gasteiger charge is 2.24. The number of carbonyl (C=O) groups is 1. The molecule has 0 aliphatic heterocycles. The predicted octanol–water partition coefficient (Wildman–Crippen LogP) is 2.29. The van der Waals surface area contributed by atoms with Crippen molar-refractivity contribution in [2.45, 2.75) is 45.6 Å². The Kier molecular flexibility index (Phi) is 3.27. The minimum absolute atomic E-state index is 0.115. The van der Waals surface area contributed by atoms with Crippen molar-refractivity contribution in [3.05, 3.63) is 17.5 Å². The zero-order valence-electron chi connectivity index (χ0n) is 9.82. The number of amides is 1. The lowest BCUT2D eigenvalue weighted by molar-refractivity contribution is 0.0901. The first-order valence-corrected chi connectivity index (χ1v) is 5.91. The lowest BCUT2D eigenvalue weighted by Crippen LogP contribution is -2.41. The van der Waals surface area contributed by atoms with Crippen LogP contribution in [0.25, 0.3) is 0 Å². The van der Waals surface area contributed by atoms with Gasteiger partial charge in [-0.05, 0) is 25.7 Å². The van der Waals surface area contributed by atoms with E-state index in [9.17, 15) is 4.79 Å². The second-order valence-electron chi connectivity index (χ2n) is 4.66. The van der Waals surface area contributed by atoms with Crippen molar-refractivity contribution in [3.63, 3.8) is 0 Å². The van der Waals surface area contributed by atoms with Crippen molar-refractivity contribution < 1.29 is 9.32 Å². The Morgan fingerprint density at radius 1 is 1.50 bits per heavy atom. The predicted molar refractivity (Wildman–Crippen MR) is 60.1 cm³/mol. The average Bonchev–Trinajstić information content (AvgIpc) is 2.68. The van der Waals surface area contributed by atoms with Gasteiger partial charge in [-0.1, -0.05) is 24.9 Å². The van der Waals surface area contributed by atoms with Crippen molar-refractivity contribution in [1.29, 1.82) is 0 Å². The first-order valence-electron chi connectivity index (χ1n) is 5.91. The fourth-order valence-corrected chi connectivity index (χ4v) is 2.25. The summed E-state index contributed by atoms with van der Waals surface area (Å²) < 4.78 is 4.89. The highest BCUT2D eigenvalue weighted by Crippen LogP contribution is 2.23. The number of hydrogen-bond acceptors (Lipinski definition) is 3. The van der Waals surface area contributed by atoms with Gasteiger partial charge in [0, 0.05) is 12.1 Å². The molecule has 0 aromatic carbocycles. The maximum absolute atomic E-state index is 11.8. The number of rotatable bonds is 2. The van der Waals surface area contributed by atoms with Crippen LogP contribution in [0.4, 0.5) is 0 Å². The Labute approximate surface area is 95.4 Å². The molecular formula is C12H18N2O2. The first kappa shape index (κ1) is 11.2. The summed E-state index contributed by atoms with van der Waals surface area (Å²) in [6.07, 6.45) is 4.75. The van der Waals surface area contributed by atoms with E-state index in [-0.39, 0.29) is 5.91 Å². The fraction of sp³-hybridized carbons (Fsp3) is 0.667. The molecule has 2 rings (SSSR count). The SMILES string of the molecule is Cc1cc(C(=O)N[C@@H]2CCCC[C@@H]2C)no1. The maximum atomic E-state index is 11.8. The molecule has 1 aromatic rings. The number of carbonyl (C=O) groups excluding carboxylic acids is 1. The molecule has 0 bridgehead atoms. The van der Waals surface area contributed by atoms with Crippen LogP contribution in [0.15, 0.2) is 10.6 Å². The molecular weight excluding hydrogens is 204 g/mol. The van der Waals surface area contributed by atoms with Gasteiger partial charge in [0.1, 0.15) is 5.76 Å². The second-order valence-corrected chi connectivity index (χ2v) is 4.66. The summed E-state index contributed by atoms with van der Waals surface area (Å²) in [5, 5.41) is 6.76. The van der Waals surface area contributed by atoms with Crippen LogP contribution < -0.4 is 5.32 Å². The van der Waals surface area contributed by atoms with Crippen LogP contribution in [0.5, 0.6) is 0 Å². The third kappa shape index (κ3) is 2.43. The minimum Gasteiger partial charge on any atom is -0.361 e. The lowest BCUT2D eigenvalue weighted by Gasteiger charge is -2.29. The summed E-state index contributed by atoms with van der Waals surface area (Å²) in [5.74, 6) is 1.11. The van der Waals surface area contributed by atoms with Crippen molar-refractivity contribution in [2.24, 2.45) is 5.92 Å². The van der Waals surface area contributed by atoms with Crippen LogP contribution >= 0.6 is 0 Å². The van der Waals surface area contributed by atoms with Gasteiger partial charge in [0.05, 0.1) is 0 Å². The van der Waals surface area contributed by atoms with E-state index in [0.717, 1.165) is 6.42 Å². The minimum atomic E-state index is -0.115. The fourth-order valence-electron chi connectivity index (χ4n) is 2.25. The highest BCUT2D eigenvalue weighted by atomic mass is 16.5. The summed E-state index contributed by atoms with van der Waals surface area (Å²) in [6, 6.07) is 1.96. The average molecular weight is 222 g/mol. The number of aryl methyl sites for hydroxylation is 1. The Morgan fingerprint density at radius 2 is 2.25 bits per heavy atom. The van der Waals surface area contributed by atoms with Crippen LogP contribution in [0.1, 0.15) is 48.9 Å². The largest absolute Gasteiger partial charge is 0.361 e. The van der Waals surface area contributed by atoms with E-state index in [4.69, 9.17) is 4.52 Å². The van der Waals surface area contributed by atoms with E-state index in [1.165, 1.54) is 19.3 Å². The standard InChI is InChI=1S/C12H18N2O2/c1-8-5-3-4-6-10(8)13-12(15)11-7-9(2)16-14-11/h7-8,10H,3-6H2,1-2H3,(H,13,15)/t8-,10+/m0/s1. The van der Waals surface area contributed by atoms with E-state index in [1.54, 1.807) is 13.0 Å². The molecule has 1 N–H and O–H groups in total. The molecule has 0 spiro atoms. The summed E-state index contributed by atoms with van der Waals surface area (Å²) in [5.41, 5.74) is 0.385. The molecule has 2 atom stereocenters. The molecule has 0 saturated heterocycles. The Morgan fingerprint density at radius 3 is 2.88 bits per heavy atom. The molecule has 4 nitrogen and oxygen atoms in total. The summed E-state index contributed by atoms with van der Waals surface area (Å²) in [7, 11) is 0. The smallest absolute Gasteiger partial charge is 0.273 e. The Balaban J connectivity index is 1.96. The normalized spacial score (nSPS) is 25.4. The molecule has 1 amide bonds. The molecule has 1 aromatic heterocycles. The van der Waals surface area contributed by atoms with E-state index in [0.29, 0.717) is 23.4 Å². The zero-order valence-corrected chi connectivity index (χ0v) is 9.82. The van der Waals surface area contributed by atoms with E-state index in [2.05, 4.69) is 17.4 Å². The zero-order chi connectivity index (χ0) is 11.5. The monoisotopic (exact) mass is 222 g/mol. The number of nitrogens with one attached hydrogen (secondary N) is 1. The van der Waals surface area contributed by atoms with Crippen molar-refractivity contribution >= 4 is 5.91 Å². The van der Waals surface area contributed by atoms with Crippen LogP contribution in [-0.4, -0.2) is 17.1 Å². The van der Waals surface area contributed by atoms with E-state index < -0.39 is 0 Å². The third-order valence-corrected chi connectivity index (χ3v) is 3.29. The first-order chi connectivity index (χ1) is 7.66. The molecule has 1 saturated carbocycles. The topological polar surface area (TPSA) is 55.1 Å². The Hall–Kier alpha value is -1.32. The van der Waals surface area contributed by atoms with Gasteiger partial charge in [-0.25, -0.2) is 0 Å². The van der Waals surface area contributed by atoms with Crippen LogP contribution in [0.3, 0.4) is 0 Å². The maximum Gasteiger partial charge on any atom is 0.273 e. The summed E-state index contributed by atoms with van der Waals surface area (Å²) >= 11 is 0. The van der Waals surface area contributed by atoms with Gasteiger partial charge in [0.15, 0.2) is 5.69 Å². The second kappa shape index (κ2) is 4.68. The van der Waals surface area contributed by atoms with E-state index in [1.807, 2.05) is 0 Å². The van der Waals surface area contributed by atoms with Crippen LogP contribution in [-0.2, 0) is 0 Å². The molecule has 1 heterocycles. The van der Waals surface area contributed by atoms with Crippen LogP contribution in [0.2, 0.25) is 0 Å². The summed E-state index contributed by atoms with van der Waals surface area (Å²) in [6.45, 7) is 3.98. The lowest BCUT2D eigenvalue weighted by atomic mass is 9.86. The van der Waals surface area contributed by atoms with E-state index >= 15 is 0 Å². The number of aromatic nitrogens is 1. The van der Waals surface area contributed by atoms with Gasteiger partial charge < -0.3 is 9.84 Å². The van der Waals surface area contributed by atoms with Crippen molar-refractivity contribution in [2.75, 3.05) is 0 Å². The van der Waals surface area contributed by atoms with Gasteiger partial charge in [-0.3, -0.25) is 4.79 Å². The molecule has 0 radical (unpaired) electrons. The molecule has 1 aliphatic rings. The summed E-state index contributed by atoms with van der Waals surface area (Å²) in [4.78, 5) is 11.8. The van der Waals surface area contributed by atoms with Gasteiger partial charge >= 0.3 is 0 Å². The van der Waals surface area contributed by atoms with Crippen LogP contribution in [0, 0.1) is 12.8 Å². The van der Waals surface area contributed by atoms with Gasteiger partial charge in [0.25, 0.3) is 5.91 Å². The Bertz CT molecular complexity index is 373. The third-order valence-electron chi connectivity index (χ3n) is 3.29. The van der Waals surface area contributed by atoms with Gasteiger partial charge in [0.2, 0.25) is 0 Å². The molecule has 16 heavy (non-hydrogen) atoms. The molecule has 0 unspecified atom stereocenters. The van der Waals surface area contributed by atoms with Crippen molar-refractivity contribution in [1.82, 2.24) is 10.5 Å². The molecule has 1 fully saturated rings. The molecule has 88 valence electrons. The highest BCUT2D eigenvalue weighted by molar-refractivity contribution is 5.92. The molecule has 4 heteroatoms. The van der Waals surface area contributed by atoms with Crippen molar-refractivity contribution in [3.8, 4) is 0 Å². The molecule has 1 aliphatic carbocycles. The van der Waals surface area contributed by atoms with Gasteiger partial charge in [-0.15, -0.1) is 0 Å². The number of nitrogens with zero attached hydrogens (tertiary/aromatic N) is 1. The quantitative estimate of drug-likeness (QED) is 0.835. The van der Waals surface area contributed by atoms with Gasteiger partial charge in [-0.2, -0.15) is 0 Å². The number of hydrogen-bond donors (Lipinski definition) is 1.